The minimum Gasteiger partial charge on any atom is -0.326 e. The lowest BCUT2D eigenvalue weighted by molar-refractivity contribution is -0.114. The molecular formula is C15H22N2OS. The fourth-order valence-corrected chi connectivity index (χ4v) is 3.88. The van der Waals surface area contributed by atoms with Crippen LogP contribution in [0.15, 0.2) is 29.2 Å². The van der Waals surface area contributed by atoms with Crippen molar-refractivity contribution >= 4 is 23.4 Å². The zero-order valence-electron chi connectivity index (χ0n) is 11.8. The van der Waals surface area contributed by atoms with E-state index in [1.54, 1.807) is 0 Å². The molecule has 3 nitrogen and oxygen atoms in total. The fraction of sp³-hybridized carbons (Fsp3) is 0.533. The summed E-state index contributed by atoms with van der Waals surface area (Å²) in [6.45, 7) is 6.01. The molecule has 0 spiro atoms. The van der Waals surface area contributed by atoms with Gasteiger partial charge in [0, 0.05) is 28.8 Å². The van der Waals surface area contributed by atoms with E-state index >= 15 is 0 Å². The van der Waals surface area contributed by atoms with E-state index in [-0.39, 0.29) is 17.4 Å². The summed E-state index contributed by atoms with van der Waals surface area (Å²) in [7, 11) is 0. The number of rotatable bonds is 3. The van der Waals surface area contributed by atoms with Gasteiger partial charge in [-0.05, 0) is 42.5 Å². The minimum atomic E-state index is -0.0417. The van der Waals surface area contributed by atoms with Crippen molar-refractivity contribution in [1.82, 2.24) is 0 Å². The average molecular weight is 278 g/mol. The van der Waals surface area contributed by atoms with Crippen LogP contribution in [0.1, 0.15) is 33.6 Å². The first kappa shape index (κ1) is 14.4. The minimum absolute atomic E-state index is 0.0417. The summed E-state index contributed by atoms with van der Waals surface area (Å²) in [6, 6.07) is 8.22. The van der Waals surface area contributed by atoms with E-state index in [0.29, 0.717) is 5.25 Å². The second kappa shape index (κ2) is 5.55. The van der Waals surface area contributed by atoms with Gasteiger partial charge in [0.2, 0.25) is 5.91 Å². The molecule has 0 aromatic heterocycles. The number of anilines is 1. The first-order valence-corrected chi connectivity index (χ1v) is 7.56. The Morgan fingerprint density at radius 3 is 2.47 bits per heavy atom. The molecule has 0 aliphatic heterocycles. The molecule has 104 valence electrons. The Morgan fingerprint density at radius 1 is 1.37 bits per heavy atom. The highest BCUT2D eigenvalue weighted by Gasteiger charge is 2.39. The Labute approximate surface area is 119 Å². The molecular weight excluding hydrogens is 256 g/mol. The van der Waals surface area contributed by atoms with Gasteiger partial charge in [0.1, 0.15) is 0 Å². The zero-order chi connectivity index (χ0) is 14.0. The summed E-state index contributed by atoms with van der Waals surface area (Å²) in [5.41, 5.74) is 7.41. The van der Waals surface area contributed by atoms with Gasteiger partial charge in [-0.2, -0.15) is 0 Å². The van der Waals surface area contributed by atoms with Crippen LogP contribution >= 0.6 is 11.8 Å². The van der Waals surface area contributed by atoms with E-state index in [2.05, 4.69) is 19.2 Å². The first-order chi connectivity index (χ1) is 8.88. The molecule has 1 aliphatic rings. The second-order valence-electron chi connectivity index (χ2n) is 5.91. The molecule has 1 aromatic rings. The molecule has 0 saturated heterocycles. The third-order valence-corrected chi connectivity index (χ3v) is 5.21. The van der Waals surface area contributed by atoms with Gasteiger partial charge in [0.05, 0.1) is 0 Å². The van der Waals surface area contributed by atoms with Gasteiger partial charge in [0.15, 0.2) is 0 Å². The predicted molar refractivity (Wildman–Crippen MR) is 81.4 cm³/mol. The van der Waals surface area contributed by atoms with Crippen molar-refractivity contribution < 1.29 is 4.79 Å². The molecule has 3 N–H and O–H groups in total. The molecule has 1 amide bonds. The summed E-state index contributed by atoms with van der Waals surface area (Å²) < 4.78 is 0. The summed E-state index contributed by atoms with van der Waals surface area (Å²) in [4.78, 5) is 12.2. The maximum Gasteiger partial charge on any atom is 0.221 e. The predicted octanol–water partition coefficient (Wildman–Crippen LogP) is 3.25. The maximum absolute atomic E-state index is 11.0. The van der Waals surface area contributed by atoms with E-state index in [1.165, 1.54) is 24.7 Å². The van der Waals surface area contributed by atoms with Crippen LogP contribution in [-0.2, 0) is 4.79 Å². The summed E-state index contributed by atoms with van der Waals surface area (Å²) in [5, 5.41) is 3.26. The first-order valence-electron chi connectivity index (χ1n) is 6.68. The molecule has 4 heteroatoms. The highest BCUT2D eigenvalue weighted by atomic mass is 32.2. The number of hydrogen-bond acceptors (Lipinski definition) is 3. The van der Waals surface area contributed by atoms with Crippen LogP contribution in [0.5, 0.6) is 0 Å². The molecule has 0 radical (unpaired) electrons. The van der Waals surface area contributed by atoms with Gasteiger partial charge in [-0.25, -0.2) is 0 Å². The number of carbonyl (C=O) groups is 1. The number of thioether (sulfide) groups is 1. The van der Waals surface area contributed by atoms with Gasteiger partial charge in [0.25, 0.3) is 0 Å². The average Bonchev–Trinajstić information content (AvgIpc) is 2.58. The number of amides is 1. The van der Waals surface area contributed by atoms with Gasteiger partial charge >= 0.3 is 0 Å². The third kappa shape index (κ3) is 3.51. The van der Waals surface area contributed by atoms with Gasteiger partial charge in [-0.3, -0.25) is 4.79 Å². The Kier molecular flexibility index (Phi) is 4.21. The zero-order valence-corrected chi connectivity index (χ0v) is 12.6. The van der Waals surface area contributed by atoms with Crippen molar-refractivity contribution in [2.45, 2.75) is 49.8 Å². The molecule has 2 rings (SSSR count). The summed E-state index contributed by atoms with van der Waals surface area (Å²) in [5.74, 6) is -0.0417. The second-order valence-corrected chi connectivity index (χ2v) is 7.23. The highest BCUT2D eigenvalue weighted by Crippen LogP contribution is 2.43. The molecule has 2 unspecified atom stereocenters. The van der Waals surface area contributed by atoms with E-state index in [4.69, 9.17) is 5.73 Å². The Balaban J connectivity index is 1.99. The van der Waals surface area contributed by atoms with Crippen molar-refractivity contribution in [3.63, 3.8) is 0 Å². The highest BCUT2D eigenvalue weighted by molar-refractivity contribution is 8.00. The van der Waals surface area contributed by atoms with Crippen molar-refractivity contribution in [2.75, 3.05) is 5.32 Å². The number of hydrogen-bond donors (Lipinski definition) is 2. The number of nitrogens with two attached hydrogens (primary N) is 1. The number of nitrogens with one attached hydrogen (secondary N) is 1. The lowest BCUT2D eigenvalue weighted by Gasteiger charge is -2.26. The molecule has 0 heterocycles. The van der Waals surface area contributed by atoms with E-state index < -0.39 is 0 Å². The standard InChI is InChI=1S/C15H22N2OS/c1-10(18)17-11-4-6-12(7-5-11)19-13-8-9-15(2,3)14(13)16/h4-7,13-14H,8-9,16H2,1-3H3,(H,17,18). The number of carbonyl (C=O) groups excluding carboxylic acids is 1. The summed E-state index contributed by atoms with van der Waals surface area (Å²) >= 11 is 1.85. The van der Waals surface area contributed by atoms with Crippen molar-refractivity contribution in [3.8, 4) is 0 Å². The molecule has 0 bridgehead atoms. The molecule has 1 fully saturated rings. The van der Waals surface area contributed by atoms with Crippen LogP contribution in [0.3, 0.4) is 0 Å². The van der Waals surface area contributed by atoms with Gasteiger partial charge in [-0.1, -0.05) is 13.8 Å². The van der Waals surface area contributed by atoms with Crippen LogP contribution in [0.4, 0.5) is 5.69 Å². The van der Waals surface area contributed by atoms with E-state index in [9.17, 15) is 4.79 Å². The van der Waals surface area contributed by atoms with Crippen molar-refractivity contribution in [3.05, 3.63) is 24.3 Å². The van der Waals surface area contributed by atoms with Crippen molar-refractivity contribution in [1.29, 1.82) is 0 Å². The SMILES string of the molecule is CC(=O)Nc1ccc(SC2CCC(C)(C)C2N)cc1. The maximum atomic E-state index is 11.0. The smallest absolute Gasteiger partial charge is 0.221 e. The fourth-order valence-electron chi connectivity index (χ4n) is 2.49. The largest absolute Gasteiger partial charge is 0.326 e. The Hall–Kier alpha value is -1.00. The van der Waals surface area contributed by atoms with Crippen molar-refractivity contribution in [2.24, 2.45) is 11.1 Å². The topological polar surface area (TPSA) is 55.1 Å². The van der Waals surface area contributed by atoms with Crippen LogP contribution in [-0.4, -0.2) is 17.2 Å². The Morgan fingerprint density at radius 2 is 2.00 bits per heavy atom. The quantitative estimate of drug-likeness (QED) is 0.892. The molecule has 1 aliphatic carbocycles. The van der Waals surface area contributed by atoms with Crippen LogP contribution < -0.4 is 11.1 Å². The molecule has 1 aromatic carbocycles. The van der Waals surface area contributed by atoms with E-state index in [1.807, 2.05) is 36.0 Å². The normalized spacial score (nSPS) is 25.3. The summed E-state index contributed by atoms with van der Waals surface area (Å²) in [6.07, 6.45) is 2.36. The van der Waals surface area contributed by atoms with E-state index in [0.717, 1.165) is 5.69 Å². The van der Waals surface area contributed by atoms with Crippen LogP contribution in [0, 0.1) is 5.41 Å². The Bertz CT molecular complexity index is 456. The monoisotopic (exact) mass is 278 g/mol. The third-order valence-electron chi connectivity index (χ3n) is 3.84. The van der Waals surface area contributed by atoms with Crippen LogP contribution in [0.25, 0.3) is 0 Å². The molecule has 19 heavy (non-hydrogen) atoms. The lowest BCUT2D eigenvalue weighted by atomic mass is 9.88. The number of benzene rings is 1. The van der Waals surface area contributed by atoms with Gasteiger partial charge < -0.3 is 11.1 Å². The molecule has 1 saturated carbocycles. The van der Waals surface area contributed by atoms with Gasteiger partial charge in [-0.15, -0.1) is 11.8 Å². The van der Waals surface area contributed by atoms with Crippen LogP contribution in [0.2, 0.25) is 0 Å². The molecule has 2 atom stereocenters. The lowest BCUT2D eigenvalue weighted by Crippen LogP contribution is -2.38.